The predicted octanol–water partition coefficient (Wildman–Crippen LogP) is 2.88. The summed E-state index contributed by atoms with van der Waals surface area (Å²) < 4.78 is 1.60. The van der Waals surface area contributed by atoms with Gasteiger partial charge in [0.05, 0.1) is 12.1 Å². The lowest BCUT2D eigenvalue weighted by molar-refractivity contribution is 0.0525. The van der Waals surface area contributed by atoms with E-state index in [4.69, 9.17) is 0 Å². The topological polar surface area (TPSA) is 71.2 Å². The average molecular weight is 321 g/mol. The van der Waals surface area contributed by atoms with Gasteiger partial charge in [0.15, 0.2) is 11.6 Å². The highest BCUT2D eigenvalue weighted by Crippen LogP contribution is 2.24. The predicted molar refractivity (Wildman–Crippen MR) is 88.8 cm³/mol. The maximum absolute atomic E-state index is 10.1. The van der Waals surface area contributed by atoms with Crippen LogP contribution >= 0.6 is 11.8 Å². The first-order valence-electron chi connectivity index (χ1n) is 7.33. The molecular weight excluding hydrogens is 298 g/mol. The molecule has 22 heavy (non-hydrogen) atoms. The molecule has 6 heteroatoms. The lowest BCUT2D eigenvalue weighted by atomic mass is 10.1. The molecule has 1 aromatic heterocycles. The number of thioether (sulfide) groups is 1. The van der Waals surface area contributed by atoms with Gasteiger partial charge in [-0.15, -0.1) is 11.8 Å². The summed E-state index contributed by atoms with van der Waals surface area (Å²) in [7, 11) is 0. The summed E-state index contributed by atoms with van der Waals surface area (Å²) in [6.45, 7) is 5.60. The zero-order chi connectivity index (χ0) is 16.3. The Hall–Kier alpha value is -1.37. The van der Waals surface area contributed by atoms with Crippen LogP contribution in [0.25, 0.3) is 11.4 Å². The Kier molecular flexibility index (Phi) is 5.26. The Bertz CT molecular complexity index is 617. The molecule has 5 nitrogen and oxygen atoms in total. The minimum Gasteiger partial charge on any atom is -0.389 e. The molecule has 0 aliphatic rings. The Balaban J connectivity index is 2.39. The Morgan fingerprint density at radius 2 is 1.91 bits per heavy atom. The van der Waals surface area contributed by atoms with Crippen LogP contribution in [0.3, 0.4) is 0 Å². The number of aliphatic hydroxyl groups is 2. The molecule has 1 heterocycles. The molecule has 0 saturated carbocycles. The van der Waals surface area contributed by atoms with Gasteiger partial charge in [-0.3, -0.25) is 0 Å². The summed E-state index contributed by atoms with van der Waals surface area (Å²) in [4.78, 5) is 5.65. The quantitative estimate of drug-likeness (QED) is 0.801. The van der Waals surface area contributed by atoms with Crippen LogP contribution in [0.15, 0.2) is 29.2 Å². The molecule has 0 aliphatic carbocycles. The van der Waals surface area contributed by atoms with Crippen LogP contribution in [0.5, 0.6) is 0 Å². The van der Waals surface area contributed by atoms with Gasteiger partial charge in [-0.2, -0.15) is 5.10 Å². The van der Waals surface area contributed by atoms with E-state index in [1.165, 1.54) is 4.90 Å². The summed E-state index contributed by atoms with van der Waals surface area (Å²) in [5, 5.41) is 24.6. The Morgan fingerprint density at radius 1 is 1.27 bits per heavy atom. The maximum Gasteiger partial charge on any atom is 0.181 e. The number of hydrogen-bond donors (Lipinski definition) is 2. The summed E-state index contributed by atoms with van der Waals surface area (Å²) in [6, 6.07) is 7.98. The fraction of sp³-hybridized carbons (Fsp3) is 0.500. The molecule has 1 atom stereocenters. The molecule has 0 spiro atoms. The fourth-order valence-corrected chi connectivity index (χ4v) is 2.54. The third-order valence-corrected chi connectivity index (χ3v) is 4.01. The molecule has 120 valence electrons. The van der Waals surface area contributed by atoms with E-state index in [2.05, 4.69) is 10.1 Å². The zero-order valence-corrected chi connectivity index (χ0v) is 14.3. The van der Waals surface area contributed by atoms with Crippen molar-refractivity contribution in [3.05, 3.63) is 30.1 Å². The average Bonchev–Trinajstić information content (AvgIpc) is 2.88. The van der Waals surface area contributed by atoms with Gasteiger partial charge in [-0.25, -0.2) is 9.67 Å². The van der Waals surface area contributed by atoms with E-state index in [0.29, 0.717) is 18.1 Å². The van der Waals surface area contributed by atoms with Crippen molar-refractivity contribution in [2.24, 2.45) is 0 Å². The Labute approximate surface area is 135 Å². The molecule has 0 bridgehead atoms. The van der Waals surface area contributed by atoms with Gasteiger partial charge in [0.1, 0.15) is 6.10 Å². The van der Waals surface area contributed by atoms with E-state index < -0.39 is 11.7 Å². The molecule has 0 aliphatic heterocycles. The molecule has 0 saturated heterocycles. The third-order valence-electron chi connectivity index (χ3n) is 3.27. The first kappa shape index (κ1) is 17.0. The van der Waals surface area contributed by atoms with E-state index in [1.807, 2.05) is 37.4 Å². The molecule has 2 rings (SSSR count). The number of benzene rings is 1. The van der Waals surface area contributed by atoms with Crippen LogP contribution in [0, 0.1) is 0 Å². The van der Waals surface area contributed by atoms with Gasteiger partial charge in [0.25, 0.3) is 0 Å². The molecule has 1 unspecified atom stereocenters. The van der Waals surface area contributed by atoms with Crippen molar-refractivity contribution in [2.45, 2.75) is 50.3 Å². The molecule has 1 aromatic carbocycles. The van der Waals surface area contributed by atoms with Crippen LogP contribution in [0.1, 0.15) is 39.1 Å². The van der Waals surface area contributed by atoms with E-state index in [9.17, 15) is 10.2 Å². The Morgan fingerprint density at radius 3 is 2.41 bits per heavy atom. The van der Waals surface area contributed by atoms with Gasteiger partial charge in [0.2, 0.25) is 0 Å². The highest BCUT2D eigenvalue weighted by molar-refractivity contribution is 7.98. The zero-order valence-electron chi connectivity index (χ0n) is 13.4. The first-order chi connectivity index (χ1) is 10.3. The van der Waals surface area contributed by atoms with E-state index in [-0.39, 0.29) is 6.54 Å². The molecule has 0 amide bonds. The molecule has 2 N–H and O–H groups in total. The van der Waals surface area contributed by atoms with Crippen LogP contribution in [0.2, 0.25) is 0 Å². The highest BCUT2D eigenvalue weighted by atomic mass is 32.2. The van der Waals surface area contributed by atoms with E-state index in [0.717, 1.165) is 5.56 Å². The largest absolute Gasteiger partial charge is 0.389 e. The standard InChI is InChI=1S/C16H23N3O2S/c1-5-13(20)15-17-14(18-19(15)10-16(2,3)21)11-6-8-12(22-4)9-7-11/h6-9,13,20-21H,5,10H2,1-4H3. The van der Waals surface area contributed by atoms with Gasteiger partial charge >= 0.3 is 0 Å². The van der Waals surface area contributed by atoms with E-state index in [1.54, 1.807) is 30.3 Å². The second-order valence-corrected chi connectivity index (χ2v) is 6.80. The summed E-state index contributed by atoms with van der Waals surface area (Å²) >= 11 is 1.68. The van der Waals surface area contributed by atoms with Crippen molar-refractivity contribution in [1.82, 2.24) is 14.8 Å². The van der Waals surface area contributed by atoms with Crippen LogP contribution < -0.4 is 0 Å². The second-order valence-electron chi connectivity index (χ2n) is 5.92. The lowest BCUT2D eigenvalue weighted by Crippen LogP contribution is -2.28. The van der Waals surface area contributed by atoms with Gasteiger partial charge in [-0.05, 0) is 38.7 Å². The van der Waals surface area contributed by atoms with Crippen LogP contribution in [-0.4, -0.2) is 36.8 Å². The minimum absolute atomic E-state index is 0.287. The number of rotatable bonds is 6. The summed E-state index contributed by atoms with van der Waals surface area (Å²) in [5.74, 6) is 1.06. The number of aromatic nitrogens is 3. The normalized spacial score (nSPS) is 13.4. The number of hydrogen-bond acceptors (Lipinski definition) is 5. The van der Waals surface area contributed by atoms with Crippen molar-refractivity contribution in [2.75, 3.05) is 6.26 Å². The minimum atomic E-state index is -0.921. The lowest BCUT2D eigenvalue weighted by Gasteiger charge is -2.19. The van der Waals surface area contributed by atoms with Gasteiger partial charge in [0, 0.05) is 10.5 Å². The van der Waals surface area contributed by atoms with Crippen LogP contribution in [-0.2, 0) is 6.54 Å². The van der Waals surface area contributed by atoms with Crippen molar-refractivity contribution in [1.29, 1.82) is 0 Å². The number of nitrogens with zero attached hydrogens (tertiary/aromatic N) is 3. The van der Waals surface area contributed by atoms with Crippen molar-refractivity contribution >= 4 is 11.8 Å². The van der Waals surface area contributed by atoms with Gasteiger partial charge in [-0.1, -0.05) is 19.1 Å². The van der Waals surface area contributed by atoms with Crippen LogP contribution in [0.4, 0.5) is 0 Å². The summed E-state index contributed by atoms with van der Waals surface area (Å²) in [6.07, 6.45) is 1.89. The van der Waals surface area contributed by atoms with E-state index >= 15 is 0 Å². The maximum atomic E-state index is 10.1. The van der Waals surface area contributed by atoms with Crippen molar-refractivity contribution in [3.8, 4) is 11.4 Å². The van der Waals surface area contributed by atoms with Crippen molar-refractivity contribution < 1.29 is 10.2 Å². The molecular formula is C16H23N3O2S. The smallest absolute Gasteiger partial charge is 0.181 e. The molecule has 0 radical (unpaired) electrons. The SMILES string of the molecule is CCC(O)c1nc(-c2ccc(SC)cc2)nn1CC(C)(C)O. The van der Waals surface area contributed by atoms with Gasteiger partial charge < -0.3 is 10.2 Å². The monoisotopic (exact) mass is 321 g/mol. The molecule has 2 aromatic rings. The first-order valence-corrected chi connectivity index (χ1v) is 8.56. The summed E-state index contributed by atoms with van der Waals surface area (Å²) in [5.41, 5.74) is -0.0209. The van der Waals surface area contributed by atoms with Crippen molar-refractivity contribution in [3.63, 3.8) is 0 Å². The highest BCUT2D eigenvalue weighted by Gasteiger charge is 2.22. The molecule has 0 fully saturated rings. The fourth-order valence-electron chi connectivity index (χ4n) is 2.13. The number of aliphatic hydroxyl groups excluding tert-OH is 1. The second kappa shape index (κ2) is 6.81. The third kappa shape index (κ3) is 4.09.